The highest BCUT2D eigenvalue weighted by Crippen LogP contribution is 2.42. The van der Waals surface area contributed by atoms with Gasteiger partial charge in [-0.1, -0.05) is 0 Å². The molecule has 0 aliphatic heterocycles. The second kappa shape index (κ2) is 8.08. The van der Waals surface area contributed by atoms with Crippen LogP contribution in [0.2, 0.25) is 0 Å². The summed E-state index contributed by atoms with van der Waals surface area (Å²) in [5, 5.41) is 2.68. The minimum Gasteiger partial charge on any atom is -0.444 e. The Kier molecular flexibility index (Phi) is 5.71. The molecular formula is C23H27F3N2O4. The number of carbonyl (C=O) groups excluding carboxylic acids is 2. The van der Waals surface area contributed by atoms with Crippen LogP contribution in [-0.2, 0) is 4.74 Å². The standard InChI is InChI=1S/C23H27F3N2O4/c1-22(2,3)32-21(30)28-17(12-8-10-23(25,26)11-9-12)20-27-18-15(31-20)7-6-14(16(18)24)19(29)13-4-5-13/h6-7,12-13,17H,4-5,8-11H2,1-3H3,(H,28,30)/t17-/m0/s1. The number of ether oxygens (including phenoxy) is 1. The number of nitrogens with one attached hydrogen (secondary N) is 1. The van der Waals surface area contributed by atoms with Gasteiger partial charge < -0.3 is 14.5 Å². The van der Waals surface area contributed by atoms with Crippen LogP contribution in [0, 0.1) is 17.7 Å². The number of alkyl halides is 2. The molecule has 9 heteroatoms. The second-order valence-corrected chi connectivity index (χ2v) is 9.78. The molecule has 0 radical (unpaired) electrons. The number of rotatable bonds is 5. The molecule has 2 fully saturated rings. The minimum atomic E-state index is -2.75. The molecule has 0 bridgehead atoms. The van der Waals surface area contributed by atoms with Crippen LogP contribution < -0.4 is 5.32 Å². The monoisotopic (exact) mass is 452 g/mol. The Hall–Kier alpha value is -2.58. The number of nitrogens with zero attached hydrogens (tertiary/aromatic N) is 1. The van der Waals surface area contributed by atoms with Crippen molar-refractivity contribution in [1.82, 2.24) is 10.3 Å². The Morgan fingerprint density at radius 3 is 2.44 bits per heavy atom. The van der Waals surface area contributed by atoms with Crippen molar-refractivity contribution in [3.8, 4) is 0 Å². The average molecular weight is 452 g/mol. The minimum absolute atomic E-state index is 0.0102. The first-order valence-corrected chi connectivity index (χ1v) is 10.9. The summed E-state index contributed by atoms with van der Waals surface area (Å²) in [6.45, 7) is 5.11. The van der Waals surface area contributed by atoms with E-state index in [9.17, 15) is 18.4 Å². The molecule has 1 N–H and O–H groups in total. The Morgan fingerprint density at radius 1 is 1.19 bits per heavy atom. The van der Waals surface area contributed by atoms with Gasteiger partial charge in [-0.05, 0) is 64.5 Å². The van der Waals surface area contributed by atoms with Gasteiger partial charge in [0.05, 0.1) is 5.56 Å². The van der Waals surface area contributed by atoms with Gasteiger partial charge in [0.2, 0.25) is 11.8 Å². The van der Waals surface area contributed by atoms with Gasteiger partial charge in [-0.15, -0.1) is 0 Å². The summed E-state index contributed by atoms with van der Waals surface area (Å²) >= 11 is 0. The number of ketones is 1. The number of fused-ring (bicyclic) bond motifs is 1. The molecule has 2 aromatic rings. The van der Waals surface area contributed by atoms with E-state index in [4.69, 9.17) is 9.15 Å². The topological polar surface area (TPSA) is 81.4 Å². The molecule has 32 heavy (non-hydrogen) atoms. The lowest BCUT2D eigenvalue weighted by molar-refractivity contribution is -0.0509. The first kappa shape index (κ1) is 22.6. The normalized spacial score (nSPS) is 20.2. The number of carbonyl (C=O) groups is 2. The van der Waals surface area contributed by atoms with Gasteiger partial charge >= 0.3 is 6.09 Å². The molecule has 1 aromatic carbocycles. The SMILES string of the molecule is CC(C)(C)OC(=O)N[C@H](c1nc2c(F)c(C(=O)C3CC3)ccc2o1)C1CCC(F)(F)CC1. The molecular weight excluding hydrogens is 425 g/mol. The number of Topliss-reactive ketones (excluding diaryl/α,β-unsaturated/α-hetero) is 1. The smallest absolute Gasteiger partial charge is 0.408 e. The summed E-state index contributed by atoms with van der Waals surface area (Å²) in [6.07, 6.45) is 0.383. The van der Waals surface area contributed by atoms with Crippen LogP contribution in [0.5, 0.6) is 0 Å². The third-order valence-electron chi connectivity index (χ3n) is 5.90. The van der Waals surface area contributed by atoms with Crippen molar-refractivity contribution in [2.45, 2.75) is 76.9 Å². The fourth-order valence-corrected chi connectivity index (χ4v) is 4.08. The second-order valence-electron chi connectivity index (χ2n) is 9.78. The summed E-state index contributed by atoms with van der Waals surface area (Å²) in [5.41, 5.74) is -0.779. The number of oxazole rings is 1. The van der Waals surface area contributed by atoms with Crippen LogP contribution in [0.3, 0.4) is 0 Å². The van der Waals surface area contributed by atoms with E-state index >= 15 is 4.39 Å². The van der Waals surface area contributed by atoms with Crippen LogP contribution in [0.25, 0.3) is 11.1 Å². The zero-order valence-corrected chi connectivity index (χ0v) is 18.3. The zero-order valence-electron chi connectivity index (χ0n) is 18.3. The highest BCUT2D eigenvalue weighted by Gasteiger charge is 2.41. The number of aromatic nitrogens is 1. The highest BCUT2D eigenvalue weighted by molar-refractivity contribution is 6.01. The van der Waals surface area contributed by atoms with E-state index < -0.39 is 29.5 Å². The number of halogens is 3. The summed E-state index contributed by atoms with van der Waals surface area (Å²) in [5.74, 6) is -4.30. The molecule has 0 unspecified atom stereocenters. The van der Waals surface area contributed by atoms with Crippen LogP contribution in [0.4, 0.5) is 18.0 Å². The molecule has 1 amide bonds. The Balaban J connectivity index is 1.65. The quantitative estimate of drug-likeness (QED) is 0.567. The number of hydrogen-bond donors (Lipinski definition) is 1. The van der Waals surface area contributed by atoms with E-state index in [0.29, 0.717) is 0 Å². The largest absolute Gasteiger partial charge is 0.444 e. The van der Waals surface area contributed by atoms with Crippen molar-refractivity contribution in [1.29, 1.82) is 0 Å². The van der Waals surface area contributed by atoms with E-state index in [0.717, 1.165) is 12.8 Å². The molecule has 1 heterocycles. The van der Waals surface area contributed by atoms with Crippen LogP contribution >= 0.6 is 0 Å². The lowest BCUT2D eigenvalue weighted by Gasteiger charge is -2.33. The molecule has 0 saturated heterocycles. The van der Waals surface area contributed by atoms with Gasteiger partial charge in [0.15, 0.2) is 17.2 Å². The van der Waals surface area contributed by atoms with Crippen LogP contribution in [-0.4, -0.2) is 28.4 Å². The molecule has 6 nitrogen and oxygen atoms in total. The summed E-state index contributed by atoms with van der Waals surface area (Å²) < 4.78 is 53.5. The van der Waals surface area contributed by atoms with Gasteiger partial charge in [-0.3, -0.25) is 4.79 Å². The molecule has 2 aliphatic rings. The van der Waals surface area contributed by atoms with Crippen LogP contribution in [0.15, 0.2) is 16.5 Å². The molecule has 2 aliphatic carbocycles. The maximum Gasteiger partial charge on any atom is 0.408 e. The van der Waals surface area contributed by atoms with E-state index in [-0.39, 0.29) is 65.9 Å². The van der Waals surface area contributed by atoms with Gasteiger partial charge in [-0.25, -0.2) is 22.9 Å². The summed E-state index contributed by atoms with van der Waals surface area (Å²) in [7, 11) is 0. The lowest BCUT2D eigenvalue weighted by Crippen LogP contribution is -2.40. The lowest BCUT2D eigenvalue weighted by atomic mass is 9.82. The Labute approximate surface area is 183 Å². The van der Waals surface area contributed by atoms with Crippen molar-refractivity contribution < 1.29 is 31.9 Å². The van der Waals surface area contributed by atoms with Gasteiger partial charge in [-0.2, -0.15) is 0 Å². The van der Waals surface area contributed by atoms with Gasteiger partial charge in [0.25, 0.3) is 0 Å². The Bertz CT molecular complexity index is 1030. The zero-order chi connectivity index (χ0) is 23.3. The number of benzene rings is 1. The van der Waals surface area contributed by atoms with Gasteiger partial charge in [0, 0.05) is 18.8 Å². The third kappa shape index (κ3) is 4.91. The number of alkyl carbamates (subject to hydrolysis) is 1. The molecule has 1 atom stereocenters. The molecule has 0 spiro atoms. The van der Waals surface area contributed by atoms with Crippen LogP contribution in [0.1, 0.15) is 81.6 Å². The number of hydrogen-bond acceptors (Lipinski definition) is 5. The molecule has 1 aromatic heterocycles. The summed E-state index contributed by atoms with van der Waals surface area (Å²) in [6, 6.07) is 1.99. The van der Waals surface area contributed by atoms with Crippen molar-refractivity contribution >= 4 is 23.0 Å². The average Bonchev–Trinajstić information content (AvgIpc) is 3.44. The maximum atomic E-state index is 15.1. The predicted octanol–water partition coefficient (Wildman–Crippen LogP) is 5.95. The van der Waals surface area contributed by atoms with E-state index in [1.807, 2.05) is 0 Å². The molecule has 2 saturated carbocycles. The van der Waals surface area contributed by atoms with E-state index in [1.165, 1.54) is 12.1 Å². The summed E-state index contributed by atoms with van der Waals surface area (Å²) in [4.78, 5) is 29.1. The first-order chi connectivity index (χ1) is 14.9. The first-order valence-electron chi connectivity index (χ1n) is 10.9. The molecule has 174 valence electrons. The fourth-order valence-electron chi connectivity index (χ4n) is 4.08. The maximum absolute atomic E-state index is 15.1. The van der Waals surface area contributed by atoms with Crippen molar-refractivity contribution in [2.75, 3.05) is 0 Å². The van der Waals surface area contributed by atoms with Crippen molar-refractivity contribution in [2.24, 2.45) is 11.8 Å². The molecule has 4 rings (SSSR count). The predicted molar refractivity (Wildman–Crippen MR) is 110 cm³/mol. The van der Waals surface area contributed by atoms with Crippen molar-refractivity contribution in [3.63, 3.8) is 0 Å². The van der Waals surface area contributed by atoms with E-state index in [2.05, 4.69) is 10.3 Å². The van der Waals surface area contributed by atoms with Crippen molar-refractivity contribution in [3.05, 3.63) is 29.4 Å². The third-order valence-corrected chi connectivity index (χ3v) is 5.90. The van der Waals surface area contributed by atoms with Gasteiger partial charge in [0.1, 0.15) is 17.2 Å². The fraction of sp³-hybridized carbons (Fsp3) is 0.609. The highest BCUT2D eigenvalue weighted by atomic mass is 19.3. The van der Waals surface area contributed by atoms with E-state index in [1.54, 1.807) is 20.8 Å². The Morgan fingerprint density at radius 2 is 1.84 bits per heavy atom. The number of amides is 1.